The summed E-state index contributed by atoms with van der Waals surface area (Å²) >= 11 is 0. The van der Waals surface area contributed by atoms with E-state index in [9.17, 15) is 4.79 Å². The second-order valence-electron chi connectivity index (χ2n) is 13.9. The molecule has 0 amide bonds. The smallest absolute Gasteiger partial charge is 0.303 e. The van der Waals surface area contributed by atoms with Gasteiger partial charge >= 0.3 is 5.97 Å². The summed E-state index contributed by atoms with van der Waals surface area (Å²) in [5.41, 5.74) is 0. The molecule has 25 N–H and O–H groups in total. The highest BCUT2D eigenvalue weighted by atomic mass is 16.4. The fraction of sp³-hybridized carbons (Fsp3) is 0.929. The van der Waals surface area contributed by atoms with Crippen molar-refractivity contribution in [1.82, 2.24) is 0 Å². The number of unbranched alkanes of at least 4 members (excludes halogenated alkanes) is 11. The summed E-state index contributed by atoms with van der Waals surface area (Å²) in [6, 6.07) is 0. The Balaban J connectivity index is -0.0000000877. The van der Waals surface area contributed by atoms with Crippen LogP contribution in [0.1, 0.15) is 96.8 Å². The normalized spacial score (nSPS) is 10.4. The van der Waals surface area contributed by atoms with Gasteiger partial charge in [-0.3, -0.25) is 4.79 Å². The number of aliphatic hydroxyl groups excluding tert-OH is 24. The molecule has 0 aliphatic carbocycles. The molecule has 0 aromatic carbocycles. The lowest BCUT2D eigenvalue weighted by molar-refractivity contribution is -0.137. The SMILES string of the molecule is CCCCCCCCC=CCCCCCCCC(=O)O.OCC(O)CO.OCC(O)CO.OCC(O)CO.OCC(O)CO.OCC(O)CO.OCC(O)CO.OCC(O)CO.OCC(O)CO. The zero-order valence-corrected chi connectivity index (χ0v) is 40.1. The van der Waals surface area contributed by atoms with Crippen molar-refractivity contribution in [3.63, 3.8) is 0 Å². The van der Waals surface area contributed by atoms with E-state index in [0.717, 1.165) is 12.8 Å². The minimum Gasteiger partial charge on any atom is -0.481 e. The number of hydrogen-bond acceptors (Lipinski definition) is 25. The van der Waals surface area contributed by atoms with Crippen LogP contribution in [0, 0.1) is 0 Å². The molecular formula is C42H98O26. The second kappa shape index (κ2) is 82.2. The van der Waals surface area contributed by atoms with Crippen LogP contribution in [-0.4, -0.2) is 288 Å². The third-order valence-corrected chi connectivity index (χ3v) is 7.02. The highest BCUT2D eigenvalue weighted by molar-refractivity contribution is 5.66. The molecule has 0 aliphatic rings. The average molecular weight is 1020 g/mol. The van der Waals surface area contributed by atoms with Crippen molar-refractivity contribution < 1.29 is 132 Å². The Bertz CT molecular complexity index is 688. The molecule has 0 saturated carbocycles. The van der Waals surface area contributed by atoms with Crippen LogP contribution >= 0.6 is 0 Å². The van der Waals surface area contributed by atoms with E-state index in [2.05, 4.69) is 19.1 Å². The van der Waals surface area contributed by atoms with Crippen LogP contribution in [0.3, 0.4) is 0 Å². The van der Waals surface area contributed by atoms with Gasteiger partial charge in [0, 0.05) is 6.42 Å². The topological polar surface area (TPSA) is 523 Å². The largest absolute Gasteiger partial charge is 0.481 e. The van der Waals surface area contributed by atoms with Crippen LogP contribution in [0.2, 0.25) is 0 Å². The van der Waals surface area contributed by atoms with Crippen molar-refractivity contribution in [2.45, 2.75) is 146 Å². The van der Waals surface area contributed by atoms with Gasteiger partial charge < -0.3 is 128 Å². The quantitative estimate of drug-likeness (QED) is 0.0227. The van der Waals surface area contributed by atoms with Crippen LogP contribution in [0.25, 0.3) is 0 Å². The van der Waals surface area contributed by atoms with E-state index in [1.807, 2.05) is 0 Å². The molecule has 0 bridgehead atoms. The van der Waals surface area contributed by atoms with Crippen molar-refractivity contribution in [2.75, 3.05) is 106 Å². The summed E-state index contributed by atoms with van der Waals surface area (Å²) in [5.74, 6) is -0.664. The third-order valence-electron chi connectivity index (χ3n) is 7.02. The van der Waals surface area contributed by atoms with Gasteiger partial charge in [0.1, 0.15) is 48.8 Å². The van der Waals surface area contributed by atoms with Crippen molar-refractivity contribution in [2.24, 2.45) is 0 Å². The Labute approximate surface area is 401 Å². The van der Waals surface area contributed by atoms with Crippen LogP contribution in [0.15, 0.2) is 12.2 Å². The third kappa shape index (κ3) is 115. The van der Waals surface area contributed by atoms with Crippen LogP contribution in [-0.2, 0) is 4.79 Å². The Hall–Kier alpha value is -1.75. The molecule has 0 fully saturated rings. The molecule has 26 nitrogen and oxygen atoms in total. The number of aliphatic hydroxyl groups is 24. The van der Waals surface area contributed by atoms with E-state index in [1.165, 1.54) is 70.6 Å². The van der Waals surface area contributed by atoms with Gasteiger partial charge in [0.15, 0.2) is 0 Å². The van der Waals surface area contributed by atoms with Crippen molar-refractivity contribution in [3.05, 3.63) is 12.2 Å². The fourth-order valence-electron chi connectivity index (χ4n) is 2.81. The molecule has 0 spiro atoms. The van der Waals surface area contributed by atoms with E-state index >= 15 is 0 Å². The maximum absolute atomic E-state index is 10.3. The number of carbonyl (C=O) groups is 1. The zero-order chi connectivity index (χ0) is 54.8. The van der Waals surface area contributed by atoms with Gasteiger partial charge in [-0.05, 0) is 32.1 Å². The zero-order valence-electron chi connectivity index (χ0n) is 40.1. The molecule has 68 heavy (non-hydrogen) atoms. The van der Waals surface area contributed by atoms with Crippen molar-refractivity contribution in [3.8, 4) is 0 Å². The standard InChI is InChI=1S/C18H34O2.8C3H8O3/c1-2-3-4-5-6-7-8-9-10-11-12-13-14-15-16-17-18(19)20;8*4-1-3(6)2-5/h9-10H,2-8,11-17H2,1H3,(H,19,20);8*3-6H,1-2H2. The van der Waals surface area contributed by atoms with Gasteiger partial charge in [0.2, 0.25) is 0 Å². The number of hydrogen-bond donors (Lipinski definition) is 25. The van der Waals surface area contributed by atoms with Crippen molar-refractivity contribution >= 4 is 5.97 Å². The molecule has 0 unspecified atom stereocenters. The molecule has 422 valence electrons. The first-order valence-electron chi connectivity index (χ1n) is 22.3. The molecule has 0 aliphatic heterocycles. The number of allylic oxidation sites excluding steroid dienone is 2. The van der Waals surface area contributed by atoms with Gasteiger partial charge in [-0.15, -0.1) is 0 Å². The van der Waals surface area contributed by atoms with E-state index in [4.69, 9.17) is 128 Å². The lowest BCUT2D eigenvalue weighted by Crippen LogP contribution is -2.15. The summed E-state index contributed by atoms with van der Waals surface area (Å²) in [4.78, 5) is 10.3. The van der Waals surface area contributed by atoms with Gasteiger partial charge in [-0.25, -0.2) is 0 Å². The van der Waals surface area contributed by atoms with E-state index in [-0.39, 0.29) is 106 Å². The Morgan fingerprint density at radius 3 is 0.603 bits per heavy atom. The number of carboxylic acid groups (broad SMARTS) is 1. The second-order valence-corrected chi connectivity index (χ2v) is 13.9. The molecule has 0 saturated heterocycles. The minimum absolute atomic E-state index is 0.332. The summed E-state index contributed by atoms with van der Waals surface area (Å²) in [6.07, 6.45) is 13.6. The van der Waals surface area contributed by atoms with E-state index < -0.39 is 54.8 Å². The Kier molecular flexibility index (Phi) is 104. The van der Waals surface area contributed by atoms with Gasteiger partial charge in [-0.2, -0.15) is 0 Å². The number of carboxylic acids is 1. The first-order valence-corrected chi connectivity index (χ1v) is 22.3. The van der Waals surface area contributed by atoms with Crippen LogP contribution in [0.4, 0.5) is 0 Å². The highest BCUT2D eigenvalue weighted by Gasteiger charge is 1.99. The molecule has 26 heteroatoms. The first kappa shape index (κ1) is 86.1. The van der Waals surface area contributed by atoms with E-state index in [0.29, 0.717) is 6.42 Å². The molecule has 0 aromatic rings. The summed E-state index contributed by atoms with van der Waals surface area (Å²) in [7, 11) is 0. The molecule has 0 atom stereocenters. The Morgan fingerprint density at radius 1 is 0.294 bits per heavy atom. The molecule has 0 heterocycles. The van der Waals surface area contributed by atoms with Crippen LogP contribution in [0.5, 0.6) is 0 Å². The maximum atomic E-state index is 10.3. The molecule has 0 rings (SSSR count). The number of rotatable bonds is 31. The predicted molar refractivity (Wildman–Crippen MR) is 249 cm³/mol. The number of aliphatic carboxylic acids is 1. The van der Waals surface area contributed by atoms with E-state index in [1.54, 1.807) is 0 Å². The van der Waals surface area contributed by atoms with Gasteiger partial charge in [0.25, 0.3) is 0 Å². The maximum Gasteiger partial charge on any atom is 0.303 e. The average Bonchev–Trinajstić information content (AvgIpc) is 3.38. The highest BCUT2D eigenvalue weighted by Crippen LogP contribution is 2.10. The van der Waals surface area contributed by atoms with Crippen LogP contribution < -0.4 is 0 Å². The molecule has 0 radical (unpaired) electrons. The fourth-order valence-corrected chi connectivity index (χ4v) is 2.81. The molecule has 0 aromatic heterocycles. The van der Waals surface area contributed by atoms with Gasteiger partial charge in [-0.1, -0.05) is 70.4 Å². The van der Waals surface area contributed by atoms with Crippen molar-refractivity contribution in [1.29, 1.82) is 0 Å². The lowest BCUT2D eigenvalue weighted by Gasteiger charge is -1.99. The molecular weight excluding hydrogens is 920 g/mol. The lowest BCUT2D eigenvalue weighted by atomic mass is 10.1. The monoisotopic (exact) mass is 1020 g/mol. The minimum atomic E-state index is -0.954. The van der Waals surface area contributed by atoms with Gasteiger partial charge in [0.05, 0.1) is 106 Å². The predicted octanol–water partition coefficient (Wildman–Crippen LogP) is -7.24. The summed E-state index contributed by atoms with van der Waals surface area (Å²) < 4.78 is 0. The summed E-state index contributed by atoms with van der Waals surface area (Å²) in [6.45, 7) is -3.57. The summed E-state index contributed by atoms with van der Waals surface area (Å²) in [5, 5.41) is 201. The first-order chi connectivity index (χ1) is 32.2. The Morgan fingerprint density at radius 2 is 0.456 bits per heavy atom.